The van der Waals surface area contributed by atoms with Gasteiger partial charge in [-0.25, -0.2) is 9.59 Å². The third kappa shape index (κ3) is 6.73. The Bertz CT molecular complexity index is 1670. The van der Waals surface area contributed by atoms with Gasteiger partial charge in [-0.05, 0) is 83.9 Å². The number of carboxylic acids is 2. The van der Waals surface area contributed by atoms with Crippen molar-refractivity contribution in [3.05, 3.63) is 131 Å². The van der Waals surface area contributed by atoms with Crippen molar-refractivity contribution in [2.45, 2.75) is 0 Å². The number of aromatic carboxylic acids is 2. The van der Waals surface area contributed by atoms with Gasteiger partial charge in [0.1, 0.15) is 11.5 Å². The maximum absolute atomic E-state index is 12.8. The van der Waals surface area contributed by atoms with Crippen LogP contribution in [0.1, 0.15) is 52.6 Å². The van der Waals surface area contributed by atoms with E-state index in [2.05, 4.69) is 23.8 Å². The quantitative estimate of drug-likeness (QED) is 0.173. The minimum Gasteiger partial charge on any atom is -0.478 e. The predicted molar refractivity (Wildman–Crippen MR) is 156 cm³/mol. The van der Waals surface area contributed by atoms with Crippen molar-refractivity contribution in [3.63, 3.8) is 0 Å². The summed E-state index contributed by atoms with van der Waals surface area (Å²) in [5.74, 6) is -2.66. The highest BCUT2D eigenvalue weighted by Gasteiger charge is 2.18. The molecule has 0 aromatic heterocycles. The first kappa shape index (κ1) is 28.1. The molecule has 0 heterocycles. The summed E-state index contributed by atoms with van der Waals surface area (Å²) in [5.41, 5.74) is 1.84. The first-order chi connectivity index (χ1) is 19.7. The minimum atomic E-state index is -1.22. The van der Waals surface area contributed by atoms with Crippen LogP contribution in [0, 0.1) is 0 Å². The summed E-state index contributed by atoms with van der Waals surface area (Å²) < 4.78 is 5.82. The number of nitrogens with one attached hydrogen (secondary N) is 2. The maximum Gasteiger partial charge on any atom is 0.336 e. The van der Waals surface area contributed by atoms with Crippen molar-refractivity contribution < 1.29 is 34.1 Å². The summed E-state index contributed by atoms with van der Waals surface area (Å²) in [7, 11) is 0. The highest BCUT2D eigenvalue weighted by molar-refractivity contribution is 6.11. The van der Waals surface area contributed by atoms with Crippen LogP contribution in [0.4, 0.5) is 11.4 Å². The van der Waals surface area contributed by atoms with Crippen LogP contribution in [0.5, 0.6) is 11.5 Å². The molecule has 9 heteroatoms. The van der Waals surface area contributed by atoms with Crippen LogP contribution in [0.15, 0.2) is 98.1 Å². The van der Waals surface area contributed by atoms with Gasteiger partial charge in [0.15, 0.2) is 0 Å². The summed E-state index contributed by atoms with van der Waals surface area (Å²) in [6, 6.07) is 21.8. The zero-order valence-corrected chi connectivity index (χ0v) is 21.6. The number of benzene rings is 4. The second kappa shape index (κ2) is 12.3. The lowest BCUT2D eigenvalue weighted by atomic mass is 10.0. The van der Waals surface area contributed by atoms with E-state index in [1.54, 1.807) is 60.7 Å². The van der Waals surface area contributed by atoms with E-state index in [0.29, 0.717) is 34.0 Å². The molecule has 0 saturated heterocycles. The van der Waals surface area contributed by atoms with Crippen molar-refractivity contribution in [2.24, 2.45) is 0 Å². The number of ether oxygens (including phenoxy) is 1. The van der Waals surface area contributed by atoms with Crippen LogP contribution in [0.2, 0.25) is 0 Å². The zero-order valence-electron chi connectivity index (χ0n) is 21.6. The first-order valence-corrected chi connectivity index (χ1v) is 12.2. The van der Waals surface area contributed by atoms with Crippen molar-refractivity contribution in [1.82, 2.24) is 0 Å². The molecule has 0 spiro atoms. The summed E-state index contributed by atoms with van der Waals surface area (Å²) in [4.78, 5) is 48.6. The van der Waals surface area contributed by atoms with E-state index in [-0.39, 0.29) is 22.3 Å². The fraction of sp³-hybridized carbons (Fsp3) is 0. The normalized spacial score (nSPS) is 10.2. The molecule has 4 aromatic rings. The molecule has 204 valence electrons. The van der Waals surface area contributed by atoms with E-state index in [4.69, 9.17) is 4.74 Å². The maximum atomic E-state index is 12.8. The molecule has 0 saturated carbocycles. The molecule has 4 aromatic carbocycles. The highest BCUT2D eigenvalue weighted by atomic mass is 16.5. The number of hydrogen-bond donors (Lipinski definition) is 4. The molecule has 4 rings (SSSR count). The number of carbonyl (C=O) groups excluding carboxylic acids is 2. The molecule has 0 bridgehead atoms. The van der Waals surface area contributed by atoms with E-state index in [0.717, 1.165) is 0 Å². The van der Waals surface area contributed by atoms with Gasteiger partial charge < -0.3 is 25.6 Å². The van der Waals surface area contributed by atoms with Gasteiger partial charge in [0, 0.05) is 11.4 Å². The molecular weight excluding hydrogens is 524 g/mol. The minimum absolute atomic E-state index is 0.00960. The molecule has 0 aliphatic rings. The molecule has 0 aliphatic heterocycles. The summed E-state index contributed by atoms with van der Waals surface area (Å²) in [6.45, 7) is 7.25. The van der Waals surface area contributed by atoms with Gasteiger partial charge >= 0.3 is 11.9 Å². The Hall–Kier alpha value is -5.96. The van der Waals surface area contributed by atoms with Crippen LogP contribution in [0.3, 0.4) is 0 Å². The smallest absolute Gasteiger partial charge is 0.336 e. The summed E-state index contributed by atoms with van der Waals surface area (Å²) in [5, 5.41) is 24.2. The third-order valence-corrected chi connectivity index (χ3v) is 5.97. The van der Waals surface area contributed by atoms with Gasteiger partial charge in [0.05, 0.1) is 22.3 Å². The van der Waals surface area contributed by atoms with Gasteiger partial charge in [0.25, 0.3) is 11.8 Å². The highest BCUT2D eigenvalue weighted by Crippen LogP contribution is 2.26. The molecular formula is C32H24N2O7. The molecule has 41 heavy (non-hydrogen) atoms. The fourth-order valence-corrected chi connectivity index (χ4v) is 3.87. The zero-order chi connectivity index (χ0) is 29.5. The van der Waals surface area contributed by atoms with Gasteiger partial charge in [-0.1, -0.05) is 37.4 Å². The lowest BCUT2D eigenvalue weighted by Crippen LogP contribution is -2.16. The second-order valence-electron chi connectivity index (χ2n) is 8.69. The summed E-state index contributed by atoms with van der Waals surface area (Å²) in [6.07, 6.45) is 3.02. The molecule has 0 radical (unpaired) electrons. The lowest BCUT2D eigenvalue weighted by molar-refractivity contribution is 0.0683. The fourth-order valence-electron chi connectivity index (χ4n) is 3.87. The number of carboxylic acid groups (broad SMARTS) is 2. The average molecular weight is 549 g/mol. The van der Waals surface area contributed by atoms with Crippen molar-refractivity contribution in [2.75, 3.05) is 10.6 Å². The Morgan fingerprint density at radius 1 is 0.561 bits per heavy atom. The van der Waals surface area contributed by atoms with Gasteiger partial charge in [-0.2, -0.15) is 0 Å². The van der Waals surface area contributed by atoms with Crippen LogP contribution >= 0.6 is 0 Å². The Morgan fingerprint density at radius 3 is 1.41 bits per heavy atom. The van der Waals surface area contributed by atoms with E-state index in [1.807, 2.05) is 0 Å². The number of hydrogen-bond acceptors (Lipinski definition) is 5. The van der Waals surface area contributed by atoms with E-state index < -0.39 is 23.8 Å². The van der Waals surface area contributed by atoms with Crippen molar-refractivity contribution in [3.8, 4) is 11.5 Å². The van der Waals surface area contributed by atoms with Crippen LogP contribution < -0.4 is 15.4 Å². The molecule has 0 atom stereocenters. The summed E-state index contributed by atoms with van der Waals surface area (Å²) >= 11 is 0. The van der Waals surface area contributed by atoms with Crippen molar-refractivity contribution in [1.29, 1.82) is 0 Å². The van der Waals surface area contributed by atoms with Crippen LogP contribution in [-0.2, 0) is 0 Å². The SMILES string of the molecule is C=Cc1ccc(C(=O)Nc2ccc(Oc3ccc(NC(=O)c4cc(C=C)ccc4C(=O)O)cc3)cc2)c(C(=O)O)c1. The Kier molecular flexibility index (Phi) is 8.39. The topological polar surface area (TPSA) is 142 Å². The monoisotopic (exact) mass is 548 g/mol. The predicted octanol–water partition coefficient (Wildman–Crippen LogP) is 6.67. The number of carbonyl (C=O) groups is 4. The molecule has 0 unspecified atom stereocenters. The average Bonchev–Trinajstić information content (AvgIpc) is 2.98. The van der Waals surface area contributed by atoms with Crippen molar-refractivity contribution >= 4 is 47.3 Å². The molecule has 4 N–H and O–H groups in total. The Labute approximate surface area is 235 Å². The van der Waals surface area contributed by atoms with E-state index in [9.17, 15) is 29.4 Å². The van der Waals surface area contributed by atoms with Gasteiger partial charge in [-0.15, -0.1) is 0 Å². The third-order valence-electron chi connectivity index (χ3n) is 5.97. The van der Waals surface area contributed by atoms with E-state index in [1.165, 1.54) is 36.4 Å². The first-order valence-electron chi connectivity index (χ1n) is 12.2. The number of rotatable bonds is 10. The standard InChI is InChI=1S/C32H24N2O7/c1-3-19-6-16-26(31(37)38)27(17-19)30(36)34-22-9-13-24(14-10-22)41-23-11-7-21(8-12-23)33-29(35)25-15-5-20(4-2)18-28(25)32(39)40/h3-18H,1-2H2,(H,33,35)(H,34,36)(H,37,38)(H,39,40). The molecule has 9 nitrogen and oxygen atoms in total. The Balaban J connectivity index is 1.40. The second-order valence-corrected chi connectivity index (χ2v) is 8.69. The molecule has 0 aliphatic carbocycles. The molecule has 0 fully saturated rings. The van der Waals surface area contributed by atoms with Gasteiger partial charge in [0.2, 0.25) is 0 Å². The Morgan fingerprint density at radius 2 is 0.976 bits per heavy atom. The van der Waals surface area contributed by atoms with Crippen LogP contribution in [0.25, 0.3) is 12.2 Å². The number of anilines is 2. The van der Waals surface area contributed by atoms with E-state index >= 15 is 0 Å². The molecule has 2 amide bonds. The largest absolute Gasteiger partial charge is 0.478 e. The lowest BCUT2D eigenvalue weighted by Gasteiger charge is -2.11. The number of amides is 2. The van der Waals surface area contributed by atoms with Crippen LogP contribution in [-0.4, -0.2) is 34.0 Å². The van der Waals surface area contributed by atoms with Gasteiger partial charge in [-0.3, -0.25) is 9.59 Å².